The molecule has 0 aromatic heterocycles. The molecule has 0 fully saturated rings. The van der Waals surface area contributed by atoms with Gasteiger partial charge in [0.2, 0.25) is 6.10 Å². The average molecular weight is 341 g/mol. The molecule has 130 valence electrons. The molecule has 1 N–H and O–H groups in total. The number of hydrogen-bond donors (Lipinski definition) is 1. The number of ether oxygens (including phenoxy) is 4. The van der Waals surface area contributed by atoms with E-state index >= 15 is 0 Å². The van der Waals surface area contributed by atoms with Crippen molar-refractivity contribution in [3.8, 4) is 23.0 Å². The molecule has 2 aromatic rings. The lowest BCUT2D eigenvalue weighted by Crippen LogP contribution is -2.44. The normalized spacial score (nSPS) is 17.7. The average Bonchev–Trinajstić information content (AvgIpc) is 2.67. The molecule has 2 aliphatic rings. The molecule has 0 unspecified atom stereocenters. The second kappa shape index (κ2) is 6.93. The molecule has 0 spiro atoms. The van der Waals surface area contributed by atoms with Gasteiger partial charge in [0.25, 0.3) is 5.91 Å². The van der Waals surface area contributed by atoms with Crippen LogP contribution in [0.2, 0.25) is 0 Å². The van der Waals surface area contributed by atoms with E-state index in [-0.39, 0.29) is 12.5 Å². The largest absolute Gasteiger partial charge is 0.486 e. The molecule has 2 heterocycles. The summed E-state index contributed by atoms with van der Waals surface area (Å²) in [5, 5.41) is 2.90. The second-order valence-electron chi connectivity index (χ2n) is 5.88. The van der Waals surface area contributed by atoms with Crippen LogP contribution in [0.1, 0.15) is 5.56 Å². The van der Waals surface area contributed by atoms with Crippen LogP contribution in [0.15, 0.2) is 42.5 Å². The van der Waals surface area contributed by atoms with E-state index in [4.69, 9.17) is 18.9 Å². The minimum absolute atomic E-state index is 0.174. The first-order chi connectivity index (χ1) is 12.3. The van der Waals surface area contributed by atoms with E-state index in [0.29, 0.717) is 37.7 Å². The first kappa shape index (κ1) is 15.6. The molecule has 0 radical (unpaired) electrons. The zero-order valence-electron chi connectivity index (χ0n) is 13.7. The van der Waals surface area contributed by atoms with Gasteiger partial charge in [-0.2, -0.15) is 0 Å². The number of nitrogens with one attached hydrogen (secondary N) is 1. The van der Waals surface area contributed by atoms with Gasteiger partial charge < -0.3 is 24.3 Å². The Labute approximate surface area is 145 Å². The van der Waals surface area contributed by atoms with E-state index in [1.165, 1.54) is 0 Å². The number of benzene rings is 2. The third kappa shape index (κ3) is 3.47. The van der Waals surface area contributed by atoms with E-state index in [0.717, 1.165) is 17.1 Å². The van der Waals surface area contributed by atoms with E-state index < -0.39 is 6.10 Å². The van der Waals surface area contributed by atoms with Crippen molar-refractivity contribution < 1.29 is 23.7 Å². The van der Waals surface area contributed by atoms with Crippen LogP contribution in [0.4, 0.5) is 0 Å². The Kier molecular flexibility index (Phi) is 4.33. The Morgan fingerprint density at radius 1 is 0.960 bits per heavy atom. The van der Waals surface area contributed by atoms with Crippen LogP contribution in [0.5, 0.6) is 23.0 Å². The van der Waals surface area contributed by atoms with Gasteiger partial charge in [0.15, 0.2) is 23.0 Å². The highest BCUT2D eigenvalue weighted by Crippen LogP contribution is 2.31. The quantitative estimate of drug-likeness (QED) is 0.921. The van der Waals surface area contributed by atoms with Crippen LogP contribution < -0.4 is 24.3 Å². The smallest absolute Gasteiger partial charge is 0.264 e. The lowest BCUT2D eigenvalue weighted by atomic mass is 10.1. The molecule has 0 bridgehead atoms. The molecule has 2 aromatic carbocycles. The van der Waals surface area contributed by atoms with Crippen molar-refractivity contribution in [1.29, 1.82) is 0 Å². The number of carbonyl (C=O) groups is 1. The molecule has 0 saturated heterocycles. The van der Waals surface area contributed by atoms with Gasteiger partial charge in [0.1, 0.15) is 19.8 Å². The Hall–Kier alpha value is -2.89. The number of rotatable bonds is 4. The third-order valence-corrected chi connectivity index (χ3v) is 4.12. The summed E-state index contributed by atoms with van der Waals surface area (Å²) in [5.74, 6) is 2.62. The molecule has 2 aliphatic heterocycles. The monoisotopic (exact) mass is 341 g/mol. The maximum absolute atomic E-state index is 12.3. The minimum Gasteiger partial charge on any atom is -0.486 e. The fourth-order valence-corrected chi connectivity index (χ4v) is 2.84. The molecule has 0 aliphatic carbocycles. The van der Waals surface area contributed by atoms with Gasteiger partial charge in [-0.3, -0.25) is 4.79 Å². The van der Waals surface area contributed by atoms with Crippen molar-refractivity contribution in [3.63, 3.8) is 0 Å². The van der Waals surface area contributed by atoms with Crippen LogP contribution in [0, 0.1) is 0 Å². The van der Waals surface area contributed by atoms with Gasteiger partial charge in [-0.25, -0.2) is 0 Å². The number of fused-ring (bicyclic) bond motifs is 2. The summed E-state index contributed by atoms with van der Waals surface area (Å²) >= 11 is 0. The van der Waals surface area contributed by atoms with Crippen molar-refractivity contribution in [3.05, 3.63) is 48.0 Å². The van der Waals surface area contributed by atoms with E-state index in [1.54, 1.807) is 6.07 Å². The Bertz CT molecular complexity index is 776. The van der Waals surface area contributed by atoms with Crippen LogP contribution in [-0.2, 0) is 11.2 Å². The topological polar surface area (TPSA) is 66.0 Å². The Morgan fingerprint density at radius 2 is 1.72 bits per heavy atom. The summed E-state index contributed by atoms with van der Waals surface area (Å²) in [6, 6.07) is 13.2. The predicted octanol–water partition coefficient (Wildman–Crippen LogP) is 1.96. The van der Waals surface area contributed by atoms with Crippen molar-refractivity contribution in [2.75, 3.05) is 26.4 Å². The Balaban J connectivity index is 1.29. The fraction of sp³-hybridized carbons (Fsp3) is 0.316. The summed E-state index contributed by atoms with van der Waals surface area (Å²) in [5.41, 5.74) is 1.08. The summed E-state index contributed by atoms with van der Waals surface area (Å²) in [6.45, 7) is 1.87. The summed E-state index contributed by atoms with van der Waals surface area (Å²) < 4.78 is 22.3. The second-order valence-corrected chi connectivity index (χ2v) is 5.88. The fourth-order valence-electron chi connectivity index (χ4n) is 2.84. The number of amides is 1. The molecule has 6 nitrogen and oxygen atoms in total. The van der Waals surface area contributed by atoms with Crippen molar-refractivity contribution in [2.45, 2.75) is 12.5 Å². The number of carbonyl (C=O) groups excluding carboxylic acids is 1. The molecular weight excluding hydrogens is 322 g/mol. The van der Waals surface area contributed by atoms with E-state index in [2.05, 4.69) is 5.32 Å². The molecule has 1 atom stereocenters. The highest BCUT2D eigenvalue weighted by atomic mass is 16.6. The van der Waals surface area contributed by atoms with Crippen molar-refractivity contribution >= 4 is 5.91 Å². The van der Waals surface area contributed by atoms with Crippen molar-refractivity contribution in [2.24, 2.45) is 0 Å². The van der Waals surface area contributed by atoms with E-state index in [9.17, 15) is 4.79 Å². The van der Waals surface area contributed by atoms with Gasteiger partial charge in [-0.1, -0.05) is 18.2 Å². The molecule has 25 heavy (non-hydrogen) atoms. The molecular formula is C19H19NO5. The SMILES string of the molecule is O=C(NCCc1ccc2c(c1)OCCO2)[C@@H]1COc2ccccc2O1. The lowest BCUT2D eigenvalue weighted by Gasteiger charge is -2.25. The molecule has 4 rings (SSSR count). The van der Waals surface area contributed by atoms with Gasteiger partial charge in [0, 0.05) is 6.54 Å². The molecule has 6 heteroatoms. The van der Waals surface area contributed by atoms with Crippen LogP contribution in [0.25, 0.3) is 0 Å². The van der Waals surface area contributed by atoms with Crippen molar-refractivity contribution in [1.82, 2.24) is 5.32 Å². The van der Waals surface area contributed by atoms with Gasteiger partial charge >= 0.3 is 0 Å². The zero-order chi connectivity index (χ0) is 17.1. The van der Waals surface area contributed by atoms with Crippen LogP contribution in [-0.4, -0.2) is 38.4 Å². The van der Waals surface area contributed by atoms with E-state index in [1.807, 2.05) is 36.4 Å². The summed E-state index contributed by atoms with van der Waals surface area (Å²) in [4.78, 5) is 12.3. The predicted molar refractivity (Wildman–Crippen MR) is 90.5 cm³/mol. The first-order valence-electron chi connectivity index (χ1n) is 8.34. The van der Waals surface area contributed by atoms with Crippen LogP contribution in [0.3, 0.4) is 0 Å². The summed E-state index contributed by atoms with van der Waals surface area (Å²) in [7, 11) is 0. The highest BCUT2D eigenvalue weighted by Gasteiger charge is 2.26. The zero-order valence-corrected chi connectivity index (χ0v) is 13.7. The first-order valence-corrected chi connectivity index (χ1v) is 8.34. The van der Waals surface area contributed by atoms with Gasteiger partial charge in [-0.15, -0.1) is 0 Å². The maximum atomic E-state index is 12.3. The minimum atomic E-state index is -0.629. The number of hydrogen-bond acceptors (Lipinski definition) is 5. The van der Waals surface area contributed by atoms with Gasteiger partial charge in [0.05, 0.1) is 0 Å². The lowest BCUT2D eigenvalue weighted by molar-refractivity contribution is -0.130. The Morgan fingerprint density at radius 3 is 2.60 bits per heavy atom. The highest BCUT2D eigenvalue weighted by molar-refractivity contribution is 5.81. The molecule has 0 saturated carbocycles. The summed E-state index contributed by atoms with van der Waals surface area (Å²) in [6.07, 6.45) is 0.0715. The third-order valence-electron chi connectivity index (χ3n) is 4.12. The van der Waals surface area contributed by atoms with Gasteiger partial charge in [-0.05, 0) is 36.2 Å². The standard InChI is InChI=1S/C19H19NO5/c21-19(18-12-24-14-3-1-2-4-16(14)25-18)20-8-7-13-5-6-15-17(11-13)23-10-9-22-15/h1-6,11,18H,7-10,12H2,(H,20,21)/t18-/m0/s1. The molecule has 1 amide bonds. The van der Waals surface area contributed by atoms with Crippen LogP contribution >= 0.6 is 0 Å². The number of para-hydroxylation sites is 2. The maximum Gasteiger partial charge on any atom is 0.264 e.